The van der Waals surface area contributed by atoms with Gasteiger partial charge < -0.3 is 63.9 Å². The van der Waals surface area contributed by atoms with Crippen LogP contribution in [0.1, 0.15) is 347 Å². The molecule has 0 saturated heterocycles. The molecule has 0 aliphatic heterocycles. The van der Waals surface area contributed by atoms with Gasteiger partial charge in [-0.1, -0.05) is 215 Å². The predicted octanol–water partition coefficient (Wildman–Crippen LogP) is 17.0. The summed E-state index contributed by atoms with van der Waals surface area (Å²) in [5.41, 5.74) is -0.545. The molecule has 656 valence electrons. The molecule has 113 heavy (non-hydrogen) atoms. The fourth-order valence-electron chi connectivity index (χ4n) is 17.0. The normalized spacial score (nSPS) is 24.2. The summed E-state index contributed by atoms with van der Waals surface area (Å²) in [6, 6.07) is -0.158. The molecule has 15 atom stereocenters. The van der Waals surface area contributed by atoms with Crippen LogP contribution in [0.25, 0.3) is 0 Å². The molecule has 0 spiro atoms. The highest BCUT2D eigenvalue weighted by molar-refractivity contribution is 5.79. The lowest BCUT2D eigenvalue weighted by Crippen LogP contribution is -2.55. The van der Waals surface area contributed by atoms with Crippen molar-refractivity contribution in [2.45, 2.75) is 383 Å². The molecule has 0 bridgehead atoms. The Labute approximate surface area is 684 Å². The van der Waals surface area contributed by atoms with Crippen LogP contribution in [-0.2, 0) is 85.8 Å². The van der Waals surface area contributed by atoms with E-state index in [4.69, 9.17) is 42.6 Å². The molecular formula is C91H164N4O18. The highest BCUT2D eigenvalue weighted by Gasteiger charge is 2.45. The molecule has 3 rings (SSSR count). The molecule has 3 aliphatic carbocycles. The van der Waals surface area contributed by atoms with E-state index in [1.807, 2.05) is 6.92 Å². The summed E-state index contributed by atoms with van der Waals surface area (Å²) in [5, 5.41) is 12.5. The van der Waals surface area contributed by atoms with E-state index >= 15 is 0 Å². The van der Waals surface area contributed by atoms with Gasteiger partial charge in [0.05, 0.1) is 95.9 Å². The second-order valence-corrected chi connectivity index (χ2v) is 34.9. The minimum atomic E-state index is -0.545. The average molecular weight is 1600 g/mol. The van der Waals surface area contributed by atoms with Crippen LogP contribution < -0.4 is 21.3 Å². The quantitative estimate of drug-likeness (QED) is 0.0250. The van der Waals surface area contributed by atoms with Crippen LogP contribution in [-0.4, -0.2) is 175 Å². The Morgan fingerprint density at radius 3 is 0.814 bits per heavy atom. The van der Waals surface area contributed by atoms with Crippen LogP contribution in [0.15, 0.2) is 0 Å². The molecule has 4 amide bonds. The van der Waals surface area contributed by atoms with Crippen molar-refractivity contribution in [3.05, 3.63) is 0 Å². The molecule has 4 N–H and O–H groups in total. The zero-order valence-corrected chi connectivity index (χ0v) is 73.5. The summed E-state index contributed by atoms with van der Waals surface area (Å²) in [4.78, 5) is 110. The first-order valence-electron chi connectivity index (χ1n) is 45.3. The van der Waals surface area contributed by atoms with Gasteiger partial charge in [0, 0.05) is 105 Å². The first-order chi connectivity index (χ1) is 54.2. The standard InChI is InChI=1S/C91H164N4O18/c1-67-70(4)88(93-73(7)96)84(58-79(67)61-111-76(10)99)108-52-43-37-31-25-19-14-16-22-28-34-40-46-82(102)48-55-105-64-91(13,65-106-56-49-83(103)47-41-35-29-23-17-15-20-26-32-38-44-53-109-85-59-80(62-112-77(11)100)68(2)71(5)89(85)94-74(8)97)66-107-57-50-87(104)92-51-42-36-30-24-18-21-27-33-39-45-54-110-86-60-81(63-113-78(12)101)69(3)72(6)90(86)95-75(9)98/h67-72,79-81,84-86,88-90H,14-66H2,1-13H3,(H,92,104)(H,93,96)(H,94,97)(H,95,98). The zero-order chi connectivity index (χ0) is 83.0. The number of carbonyl (C=O) groups is 9. The fourth-order valence-corrected chi connectivity index (χ4v) is 17.0. The van der Waals surface area contributed by atoms with Crippen molar-refractivity contribution in [2.75, 3.05) is 85.8 Å². The van der Waals surface area contributed by atoms with Crippen molar-refractivity contribution in [2.24, 2.45) is 58.7 Å². The molecule has 0 aromatic heterocycles. The Kier molecular flexibility index (Phi) is 56.8. The third kappa shape index (κ3) is 48.2. The summed E-state index contributed by atoms with van der Waals surface area (Å²) >= 11 is 0. The van der Waals surface area contributed by atoms with E-state index in [1.165, 1.54) is 130 Å². The zero-order valence-electron chi connectivity index (χ0n) is 73.5. The summed E-state index contributed by atoms with van der Waals surface area (Å²) in [6.45, 7) is 29.6. The Bertz CT molecular complexity index is 2320. The van der Waals surface area contributed by atoms with Crippen LogP contribution >= 0.6 is 0 Å². The number of hydrogen-bond donors (Lipinski definition) is 4. The minimum absolute atomic E-state index is 0.0339. The highest BCUT2D eigenvalue weighted by Crippen LogP contribution is 2.40. The molecule has 0 aromatic carbocycles. The number of ether oxygens (including phenoxy) is 9. The fraction of sp³-hybridized carbons (Fsp3) is 0.901. The molecule has 3 aliphatic rings. The Morgan fingerprint density at radius 1 is 0.301 bits per heavy atom. The number of hydrogen-bond acceptors (Lipinski definition) is 18. The number of esters is 3. The van der Waals surface area contributed by atoms with Gasteiger partial charge in [-0.3, -0.25) is 43.2 Å². The van der Waals surface area contributed by atoms with Crippen molar-refractivity contribution in [1.29, 1.82) is 0 Å². The SMILES string of the molecule is CC(=O)NC1C(OCCCCCCCCCCCCCC(=O)CCOCC(C)(COCCC(=O)CCCCCCCCCCCCCOC2CC(COC(C)=O)C(C)C(C)C2NC(C)=O)COCCC(=O)NCCCCCCCCCCCCOC2CC(COC(C)=O)C(C)C(C)C2NC(C)=O)CC(COC(C)=O)C(C)C1C. The van der Waals surface area contributed by atoms with Gasteiger partial charge in [0.15, 0.2) is 0 Å². The van der Waals surface area contributed by atoms with E-state index in [-0.39, 0.29) is 138 Å². The molecule has 0 heterocycles. The Hall–Kier alpha value is -4.61. The lowest BCUT2D eigenvalue weighted by Gasteiger charge is -2.44. The van der Waals surface area contributed by atoms with Gasteiger partial charge in [-0.2, -0.15) is 0 Å². The van der Waals surface area contributed by atoms with Crippen LogP contribution in [0, 0.1) is 58.7 Å². The largest absolute Gasteiger partial charge is 0.466 e. The van der Waals surface area contributed by atoms with Crippen molar-refractivity contribution in [3.63, 3.8) is 0 Å². The van der Waals surface area contributed by atoms with Crippen molar-refractivity contribution in [3.8, 4) is 0 Å². The molecule has 0 aromatic rings. The van der Waals surface area contributed by atoms with Crippen LogP contribution in [0.2, 0.25) is 0 Å². The Morgan fingerprint density at radius 2 is 0.549 bits per heavy atom. The van der Waals surface area contributed by atoms with E-state index in [0.717, 1.165) is 116 Å². The molecule has 3 saturated carbocycles. The monoisotopic (exact) mass is 1600 g/mol. The summed E-state index contributed by atoms with van der Waals surface area (Å²) in [6.07, 6.45) is 39.9. The van der Waals surface area contributed by atoms with Gasteiger partial charge in [-0.25, -0.2) is 0 Å². The molecule has 15 unspecified atom stereocenters. The number of rotatable bonds is 68. The third-order valence-electron chi connectivity index (χ3n) is 24.8. The lowest BCUT2D eigenvalue weighted by atomic mass is 9.70. The minimum Gasteiger partial charge on any atom is -0.466 e. The maximum Gasteiger partial charge on any atom is 0.302 e. The van der Waals surface area contributed by atoms with Gasteiger partial charge >= 0.3 is 17.9 Å². The van der Waals surface area contributed by atoms with Gasteiger partial charge in [-0.05, 0) is 111 Å². The number of Topliss-reactive ketones (excluding diaryl/α,β-unsaturated/α-hetero) is 2. The van der Waals surface area contributed by atoms with Gasteiger partial charge in [0.25, 0.3) is 0 Å². The summed E-state index contributed by atoms with van der Waals surface area (Å²) < 4.78 is 53.8. The molecule has 3 fully saturated rings. The number of unbranched alkanes of at least 4 members (excludes halogenated alkanes) is 29. The number of nitrogens with one attached hydrogen (secondary N) is 4. The van der Waals surface area contributed by atoms with Gasteiger partial charge in [0.2, 0.25) is 23.6 Å². The second kappa shape index (κ2) is 62.6. The third-order valence-corrected chi connectivity index (χ3v) is 24.8. The summed E-state index contributed by atoms with van der Waals surface area (Å²) in [5.74, 6) is 1.54. The number of amides is 4. The molecular weight excluding hydrogens is 1440 g/mol. The topological polar surface area (TPSA) is 285 Å². The van der Waals surface area contributed by atoms with E-state index in [2.05, 4.69) is 62.8 Å². The highest BCUT2D eigenvalue weighted by atomic mass is 16.5. The number of carbonyl (C=O) groups excluding carboxylic acids is 9. The molecule has 0 radical (unpaired) electrons. The Balaban J connectivity index is 1.29. The first-order valence-corrected chi connectivity index (χ1v) is 45.3. The van der Waals surface area contributed by atoms with Crippen molar-refractivity contribution >= 4 is 53.1 Å². The van der Waals surface area contributed by atoms with Crippen LogP contribution in [0.3, 0.4) is 0 Å². The van der Waals surface area contributed by atoms with E-state index in [1.54, 1.807) is 20.8 Å². The average Bonchev–Trinajstić information content (AvgIpc) is 0.818. The van der Waals surface area contributed by atoms with Crippen LogP contribution in [0.4, 0.5) is 0 Å². The molecule has 22 heteroatoms. The summed E-state index contributed by atoms with van der Waals surface area (Å²) in [7, 11) is 0. The smallest absolute Gasteiger partial charge is 0.302 e. The molecule has 22 nitrogen and oxygen atoms in total. The lowest BCUT2D eigenvalue weighted by molar-refractivity contribution is -0.146. The maximum atomic E-state index is 13.0. The predicted molar refractivity (Wildman–Crippen MR) is 446 cm³/mol. The van der Waals surface area contributed by atoms with E-state index in [0.29, 0.717) is 123 Å². The van der Waals surface area contributed by atoms with Crippen LogP contribution in [0.5, 0.6) is 0 Å². The van der Waals surface area contributed by atoms with Crippen molar-refractivity contribution in [1.82, 2.24) is 21.3 Å². The first kappa shape index (κ1) is 103. The van der Waals surface area contributed by atoms with E-state index in [9.17, 15) is 43.2 Å². The second-order valence-electron chi connectivity index (χ2n) is 34.9. The number of ketones is 2. The van der Waals surface area contributed by atoms with Gasteiger partial charge in [-0.15, -0.1) is 0 Å². The van der Waals surface area contributed by atoms with Crippen molar-refractivity contribution < 1.29 is 85.8 Å². The van der Waals surface area contributed by atoms with Gasteiger partial charge in [0.1, 0.15) is 11.6 Å². The maximum absolute atomic E-state index is 13.0. The van der Waals surface area contributed by atoms with E-state index < -0.39 is 5.41 Å².